The topological polar surface area (TPSA) is 53.8 Å². The molecule has 0 aliphatic carbocycles. The molecule has 0 saturated carbocycles. The van der Waals surface area contributed by atoms with E-state index in [0.29, 0.717) is 0 Å². The van der Waals surface area contributed by atoms with Crippen LogP contribution in [0.2, 0.25) is 0 Å². The van der Waals surface area contributed by atoms with Crippen molar-refractivity contribution in [3.05, 3.63) is 22.7 Å². The van der Waals surface area contributed by atoms with Crippen LogP contribution in [0.4, 0.5) is 11.4 Å². The van der Waals surface area contributed by atoms with E-state index in [1.165, 1.54) is 0 Å². The van der Waals surface area contributed by atoms with Crippen LogP contribution in [0.5, 0.6) is 0 Å². The SMILES string of the molecule is O=C1CN=c2ccc3c(c2N1)N=CC=3. The molecule has 68 valence electrons. The van der Waals surface area contributed by atoms with Crippen molar-refractivity contribution in [3.63, 3.8) is 0 Å². The Hall–Kier alpha value is -1.97. The minimum Gasteiger partial charge on any atom is -0.321 e. The van der Waals surface area contributed by atoms with E-state index in [1.807, 2.05) is 18.2 Å². The van der Waals surface area contributed by atoms with Crippen molar-refractivity contribution >= 4 is 29.6 Å². The van der Waals surface area contributed by atoms with Crippen molar-refractivity contribution in [2.45, 2.75) is 0 Å². The molecule has 14 heavy (non-hydrogen) atoms. The van der Waals surface area contributed by atoms with Crippen LogP contribution in [-0.2, 0) is 4.79 Å². The highest BCUT2D eigenvalue weighted by Crippen LogP contribution is 2.18. The summed E-state index contributed by atoms with van der Waals surface area (Å²) in [7, 11) is 0. The second-order valence-corrected chi connectivity index (χ2v) is 3.21. The van der Waals surface area contributed by atoms with E-state index in [4.69, 9.17) is 0 Å². The lowest BCUT2D eigenvalue weighted by molar-refractivity contribution is -0.115. The normalized spacial score (nSPS) is 16.4. The number of carbonyl (C=O) groups is 1. The zero-order valence-electron chi connectivity index (χ0n) is 7.32. The van der Waals surface area contributed by atoms with E-state index in [2.05, 4.69) is 15.3 Å². The number of anilines is 1. The van der Waals surface area contributed by atoms with Crippen molar-refractivity contribution in [2.24, 2.45) is 9.98 Å². The Labute approximate surface area is 79.7 Å². The van der Waals surface area contributed by atoms with Gasteiger partial charge in [0.15, 0.2) is 0 Å². The maximum Gasteiger partial charge on any atom is 0.246 e. The lowest BCUT2D eigenvalue weighted by atomic mass is 10.2. The highest BCUT2D eigenvalue weighted by molar-refractivity contribution is 6.02. The molecule has 2 aliphatic heterocycles. The number of amides is 1. The van der Waals surface area contributed by atoms with Gasteiger partial charge in [0.25, 0.3) is 0 Å². The minimum absolute atomic E-state index is 0.0759. The van der Waals surface area contributed by atoms with Gasteiger partial charge in [-0.3, -0.25) is 14.8 Å². The molecule has 0 fully saturated rings. The number of rotatable bonds is 0. The first-order valence-corrected chi connectivity index (χ1v) is 4.36. The highest BCUT2D eigenvalue weighted by Gasteiger charge is 2.14. The smallest absolute Gasteiger partial charge is 0.246 e. The first kappa shape index (κ1) is 7.44. The fraction of sp³-hybridized carbons (Fsp3) is 0.100. The third-order valence-electron chi connectivity index (χ3n) is 2.30. The quantitative estimate of drug-likeness (QED) is 0.595. The van der Waals surface area contributed by atoms with Gasteiger partial charge in [0.05, 0.1) is 16.7 Å². The summed E-state index contributed by atoms with van der Waals surface area (Å²) < 4.78 is 0. The fourth-order valence-electron chi connectivity index (χ4n) is 1.65. The summed E-state index contributed by atoms with van der Waals surface area (Å²) in [6, 6.07) is 3.86. The second kappa shape index (κ2) is 2.51. The summed E-state index contributed by atoms with van der Waals surface area (Å²) in [5.74, 6) is -0.0759. The van der Waals surface area contributed by atoms with Gasteiger partial charge in [0.2, 0.25) is 5.91 Å². The van der Waals surface area contributed by atoms with Crippen LogP contribution >= 0.6 is 0 Å². The standard InChI is InChI=1S/C10H7N3O/c14-8-5-12-7-2-1-6-3-4-11-9(6)10(7)13-8/h1-4H,5H2,(H,13,14). The van der Waals surface area contributed by atoms with Gasteiger partial charge >= 0.3 is 0 Å². The molecule has 4 heteroatoms. The highest BCUT2D eigenvalue weighted by atomic mass is 16.1. The van der Waals surface area contributed by atoms with Gasteiger partial charge in [-0.15, -0.1) is 0 Å². The summed E-state index contributed by atoms with van der Waals surface area (Å²) in [5.41, 5.74) is 1.56. The Bertz CT molecular complexity index is 572. The number of benzene rings is 1. The lowest BCUT2D eigenvalue weighted by Gasteiger charge is -2.11. The van der Waals surface area contributed by atoms with E-state index >= 15 is 0 Å². The van der Waals surface area contributed by atoms with Gasteiger partial charge in [-0.05, 0) is 12.1 Å². The van der Waals surface area contributed by atoms with E-state index in [0.717, 1.165) is 22.0 Å². The van der Waals surface area contributed by atoms with E-state index in [9.17, 15) is 4.79 Å². The van der Waals surface area contributed by atoms with Gasteiger partial charge in [0.1, 0.15) is 6.54 Å². The summed E-state index contributed by atoms with van der Waals surface area (Å²) in [4.78, 5) is 19.5. The van der Waals surface area contributed by atoms with Crippen molar-refractivity contribution < 1.29 is 4.79 Å². The van der Waals surface area contributed by atoms with E-state index < -0.39 is 0 Å². The van der Waals surface area contributed by atoms with Gasteiger partial charge in [-0.2, -0.15) is 0 Å². The minimum atomic E-state index is -0.0759. The largest absolute Gasteiger partial charge is 0.321 e. The first-order chi connectivity index (χ1) is 6.84. The summed E-state index contributed by atoms with van der Waals surface area (Å²) >= 11 is 0. The van der Waals surface area contributed by atoms with Gasteiger partial charge in [0, 0.05) is 11.4 Å². The van der Waals surface area contributed by atoms with Crippen LogP contribution in [0.25, 0.3) is 6.08 Å². The molecule has 2 heterocycles. The van der Waals surface area contributed by atoms with Crippen LogP contribution in [0.3, 0.4) is 0 Å². The number of nitrogens with zero attached hydrogens (tertiary/aromatic N) is 2. The van der Waals surface area contributed by atoms with Crippen molar-refractivity contribution in [3.8, 4) is 0 Å². The van der Waals surface area contributed by atoms with Crippen molar-refractivity contribution in [2.75, 3.05) is 11.9 Å². The second-order valence-electron chi connectivity index (χ2n) is 3.21. The third-order valence-corrected chi connectivity index (χ3v) is 2.30. The Morgan fingerprint density at radius 2 is 2.29 bits per heavy atom. The monoisotopic (exact) mass is 185 g/mol. The molecule has 0 unspecified atom stereocenters. The van der Waals surface area contributed by atoms with Crippen LogP contribution < -0.4 is 15.9 Å². The van der Waals surface area contributed by atoms with E-state index in [1.54, 1.807) is 6.21 Å². The molecule has 0 saturated heterocycles. The predicted molar refractivity (Wildman–Crippen MR) is 53.3 cm³/mol. The molecule has 0 atom stereocenters. The molecular weight excluding hydrogens is 178 g/mol. The average molecular weight is 185 g/mol. The number of hydrogen-bond acceptors (Lipinski definition) is 3. The molecule has 1 aromatic carbocycles. The van der Waals surface area contributed by atoms with Crippen LogP contribution in [0.1, 0.15) is 0 Å². The molecule has 0 bridgehead atoms. The Kier molecular flexibility index (Phi) is 1.33. The number of fused-ring (bicyclic) bond motifs is 3. The Morgan fingerprint density at radius 1 is 1.36 bits per heavy atom. The zero-order valence-corrected chi connectivity index (χ0v) is 7.32. The van der Waals surface area contributed by atoms with Gasteiger partial charge in [-0.1, -0.05) is 6.07 Å². The summed E-state index contributed by atoms with van der Waals surface area (Å²) in [6.45, 7) is 0.208. The van der Waals surface area contributed by atoms with Gasteiger partial charge < -0.3 is 5.32 Å². The molecule has 0 aromatic heterocycles. The van der Waals surface area contributed by atoms with Crippen molar-refractivity contribution in [1.29, 1.82) is 0 Å². The average Bonchev–Trinajstić information content (AvgIpc) is 2.65. The predicted octanol–water partition coefficient (Wildman–Crippen LogP) is -0.245. The number of aliphatic imine (C=N–C) groups is 1. The number of carbonyl (C=O) groups excluding carboxylic acids is 1. The van der Waals surface area contributed by atoms with Crippen LogP contribution in [0.15, 0.2) is 22.1 Å². The summed E-state index contributed by atoms with van der Waals surface area (Å²) in [5, 5.41) is 4.64. The number of nitrogens with one attached hydrogen (secondary N) is 1. The molecule has 3 rings (SSSR count). The molecule has 2 aliphatic rings. The first-order valence-electron chi connectivity index (χ1n) is 4.36. The number of hydrogen-bond donors (Lipinski definition) is 1. The Morgan fingerprint density at radius 3 is 3.21 bits per heavy atom. The van der Waals surface area contributed by atoms with E-state index in [-0.39, 0.29) is 12.5 Å². The lowest BCUT2D eigenvalue weighted by Crippen LogP contribution is -2.28. The summed E-state index contributed by atoms with van der Waals surface area (Å²) in [6.07, 6.45) is 3.64. The molecule has 0 radical (unpaired) electrons. The fourth-order valence-corrected chi connectivity index (χ4v) is 1.65. The Balaban J connectivity index is 2.39. The zero-order chi connectivity index (χ0) is 9.54. The molecular formula is C10H7N3O. The van der Waals surface area contributed by atoms with Crippen LogP contribution in [0, 0.1) is 0 Å². The maximum atomic E-state index is 11.2. The third kappa shape index (κ3) is 0.907. The van der Waals surface area contributed by atoms with Crippen LogP contribution in [-0.4, -0.2) is 18.7 Å². The van der Waals surface area contributed by atoms with Gasteiger partial charge in [-0.25, -0.2) is 0 Å². The molecule has 0 spiro atoms. The molecule has 1 aromatic rings. The molecule has 1 amide bonds. The maximum absolute atomic E-state index is 11.2. The molecule has 1 N–H and O–H groups in total. The van der Waals surface area contributed by atoms with Crippen molar-refractivity contribution in [1.82, 2.24) is 0 Å². The molecule has 4 nitrogen and oxygen atoms in total.